The molecule has 2 atom stereocenters. The molecule has 0 saturated heterocycles. The van der Waals surface area contributed by atoms with E-state index in [1.807, 2.05) is 0 Å². The number of anilines is 1. The van der Waals surface area contributed by atoms with Crippen LogP contribution in [-0.4, -0.2) is 49.9 Å². The Kier molecular flexibility index (Phi) is 7.42. The zero-order valence-corrected chi connectivity index (χ0v) is 15.6. The first-order valence-corrected chi connectivity index (χ1v) is 9.01. The SMILES string of the molecule is COC(C)C(=O)OC(CC(=O)Nc1ccc(C)cc1S(=O)(=O)O)C(C)=O. The average Bonchev–Trinajstić information content (AvgIpc) is 2.53. The second kappa shape index (κ2) is 8.88. The van der Waals surface area contributed by atoms with Gasteiger partial charge in [-0.2, -0.15) is 8.42 Å². The van der Waals surface area contributed by atoms with E-state index in [1.165, 1.54) is 32.2 Å². The molecule has 26 heavy (non-hydrogen) atoms. The second-order valence-corrected chi connectivity index (χ2v) is 7.03. The smallest absolute Gasteiger partial charge is 0.335 e. The van der Waals surface area contributed by atoms with Gasteiger partial charge in [-0.1, -0.05) is 6.07 Å². The molecule has 2 N–H and O–H groups in total. The minimum Gasteiger partial charge on any atom is -0.452 e. The van der Waals surface area contributed by atoms with Crippen molar-refractivity contribution in [2.75, 3.05) is 12.4 Å². The maximum absolute atomic E-state index is 12.1. The van der Waals surface area contributed by atoms with Crippen molar-refractivity contribution in [2.24, 2.45) is 0 Å². The summed E-state index contributed by atoms with van der Waals surface area (Å²) in [6.07, 6.45) is -2.78. The van der Waals surface area contributed by atoms with Gasteiger partial charge in [-0.15, -0.1) is 0 Å². The molecule has 0 saturated carbocycles. The Morgan fingerprint density at radius 1 is 1.27 bits per heavy atom. The molecule has 1 aromatic rings. The van der Waals surface area contributed by atoms with Gasteiger partial charge in [0.1, 0.15) is 4.90 Å². The van der Waals surface area contributed by atoms with Crippen LogP contribution in [0.4, 0.5) is 5.69 Å². The first-order valence-electron chi connectivity index (χ1n) is 7.57. The second-order valence-electron chi connectivity index (χ2n) is 5.64. The highest BCUT2D eigenvalue weighted by atomic mass is 32.2. The van der Waals surface area contributed by atoms with Gasteiger partial charge in [0.15, 0.2) is 18.0 Å². The van der Waals surface area contributed by atoms with Crippen molar-refractivity contribution in [3.05, 3.63) is 23.8 Å². The molecule has 10 heteroatoms. The van der Waals surface area contributed by atoms with Crippen LogP contribution >= 0.6 is 0 Å². The van der Waals surface area contributed by atoms with Crippen LogP contribution in [0.1, 0.15) is 25.8 Å². The van der Waals surface area contributed by atoms with E-state index in [0.717, 1.165) is 6.92 Å². The lowest BCUT2D eigenvalue weighted by Gasteiger charge is -2.17. The number of benzene rings is 1. The van der Waals surface area contributed by atoms with Gasteiger partial charge >= 0.3 is 5.97 Å². The lowest BCUT2D eigenvalue weighted by atomic mass is 10.1. The van der Waals surface area contributed by atoms with Gasteiger partial charge in [-0.3, -0.25) is 14.1 Å². The van der Waals surface area contributed by atoms with Crippen molar-refractivity contribution in [1.29, 1.82) is 0 Å². The third-order valence-corrected chi connectivity index (χ3v) is 4.35. The standard InChI is InChI=1S/C16H21NO8S/c1-9-5-6-12(14(7-9)26(21,22)23)17-15(19)8-13(10(2)18)25-16(20)11(3)24-4/h5-7,11,13H,8H2,1-4H3,(H,17,19)(H,21,22,23). The quantitative estimate of drug-likeness (QED) is 0.500. The number of rotatable bonds is 8. The first kappa shape index (κ1) is 21.7. The largest absolute Gasteiger partial charge is 0.452 e. The highest BCUT2D eigenvalue weighted by Crippen LogP contribution is 2.23. The van der Waals surface area contributed by atoms with Gasteiger partial charge in [0.05, 0.1) is 12.1 Å². The van der Waals surface area contributed by atoms with Crippen molar-refractivity contribution < 1.29 is 36.8 Å². The van der Waals surface area contributed by atoms with E-state index in [2.05, 4.69) is 5.32 Å². The summed E-state index contributed by atoms with van der Waals surface area (Å²) in [5.74, 6) is -2.14. The zero-order valence-electron chi connectivity index (χ0n) is 14.8. The summed E-state index contributed by atoms with van der Waals surface area (Å²) in [5.41, 5.74) is 0.404. The molecule has 0 aromatic heterocycles. The summed E-state index contributed by atoms with van der Waals surface area (Å²) >= 11 is 0. The molecule has 144 valence electrons. The summed E-state index contributed by atoms with van der Waals surface area (Å²) in [7, 11) is -3.28. The van der Waals surface area contributed by atoms with Crippen molar-refractivity contribution in [1.82, 2.24) is 0 Å². The number of carbonyl (C=O) groups excluding carboxylic acids is 3. The number of esters is 1. The van der Waals surface area contributed by atoms with Crippen LogP contribution < -0.4 is 5.32 Å². The number of Topliss-reactive ketones (excluding diaryl/α,β-unsaturated/α-hetero) is 1. The maximum Gasteiger partial charge on any atom is 0.335 e. The normalized spacial score (nSPS) is 13.6. The van der Waals surface area contributed by atoms with E-state index in [-0.39, 0.29) is 5.69 Å². The molecule has 0 bridgehead atoms. The summed E-state index contributed by atoms with van der Waals surface area (Å²) in [6.45, 7) is 4.19. The Morgan fingerprint density at radius 2 is 1.88 bits per heavy atom. The molecular formula is C16H21NO8S. The van der Waals surface area contributed by atoms with Crippen LogP contribution in [0.25, 0.3) is 0 Å². The molecule has 1 rings (SSSR count). The summed E-state index contributed by atoms with van der Waals surface area (Å²) in [5, 5.41) is 2.29. The number of aryl methyl sites for hydroxylation is 1. The Hall–Kier alpha value is -2.30. The number of ether oxygens (including phenoxy) is 2. The highest BCUT2D eigenvalue weighted by Gasteiger charge is 2.26. The molecule has 9 nitrogen and oxygen atoms in total. The predicted octanol–water partition coefficient (Wildman–Crippen LogP) is 1.11. The van der Waals surface area contributed by atoms with Crippen molar-refractivity contribution in [2.45, 2.75) is 44.3 Å². The molecule has 0 aliphatic heterocycles. The van der Waals surface area contributed by atoms with E-state index in [0.29, 0.717) is 5.56 Å². The summed E-state index contributed by atoms with van der Waals surface area (Å²) < 4.78 is 41.9. The number of hydrogen-bond donors (Lipinski definition) is 2. The van der Waals surface area contributed by atoms with Crippen LogP contribution in [0.3, 0.4) is 0 Å². The monoisotopic (exact) mass is 387 g/mol. The van der Waals surface area contributed by atoms with E-state index in [9.17, 15) is 27.4 Å². The first-order chi connectivity index (χ1) is 12.0. The van der Waals surface area contributed by atoms with Gasteiger partial charge in [0.25, 0.3) is 10.1 Å². The highest BCUT2D eigenvalue weighted by molar-refractivity contribution is 7.86. The van der Waals surface area contributed by atoms with Crippen molar-refractivity contribution in [3.8, 4) is 0 Å². The van der Waals surface area contributed by atoms with Gasteiger partial charge in [-0.25, -0.2) is 4.79 Å². The van der Waals surface area contributed by atoms with Crippen molar-refractivity contribution in [3.63, 3.8) is 0 Å². The van der Waals surface area contributed by atoms with E-state index >= 15 is 0 Å². The number of methoxy groups -OCH3 is 1. The van der Waals surface area contributed by atoms with Gasteiger partial charge in [-0.05, 0) is 38.5 Å². The molecule has 0 radical (unpaired) electrons. The minimum absolute atomic E-state index is 0.151. The summed E-state index contributed by atoms with van der Waals surface area (Å²) in [4.78, 5) is 35.0. The molecule has 0 heterocycles. The van der Waals surface area contributed by atoms with Crippen LogP contribution in [0.2, 0.25) is 0 Å². The third kappa shape index (κ3) is 6.21. The molecule has 2 unspecified atom stereocenters. The van der Waals surface area contributed by atoms with Crippen LogP contribution in [0.15, 0.2) is 23.1 Å². The number of ketones is 1. The molecule has 1 aromatic carbocycles. The lowest BCUT2D eigenvalue weighted by molar-refractivity contribution is -0.164. The van der Waals surface area contributed by atoms with Crippen LogP contribution in [-0.2, 0) is 34.0 Å². The van der Waals surface area contributed by atoms with E-state index in [4.69, 9.17) is 9.47 Å². The number of amides is 1. The Balaban J connectivity index is 2.94. The Morgan fingerprint density at radius 3 is 2.38 bits per heavy atom. The number of nitrogens with one attached hydrogen (secondary N) is 1. The van der Waals surface area contributed by atoms with Crippen LogP contribution in [0, 0.1) is 6.92 Å². The molecule has 1 amide bonds. The maximum atomic E-state index is 12.1. The van der Waals surface area contributed by atoms with Gasteiger partial charge in [0.2, 0.25) is 5.91 Å². The van der Waals surface area contributed by atoms with Crippen LogP contribution in [0.5, 0.6) is 0 Å². The molecule has 0 fully saturated rings. The molecule has 0 aliphatic rings. The Labute approximate surface area is 151 Å². The van der Waals surface area contributed by atoms with Gasteiger partial charge in [0, 0.05) is 7.11 Å². The molecular weight excluding hydrogens is 366 g/mol. The predicted molar refractivity (Wildman–Crippen MR) is 91.3 cm³/mol. The molecule has 0 aliphatic carbocycles. The topological polar surface area (TPSA) is 136 Å². The van der Waals surface area contributed by atoms with E-state index in [1.54, 1.807) is 6.92 Å². The minimum atomic E-state index is -4.56. The third-order valence-electron chi connectivity index (χ3n) is 3.46. The van der Waals surface area contributed by atoms with E-state index < -0.39 is 51.3 Å². The fourth-order valence-electron chi connectivity index (χ4n) is 1.92. The lowest BCUT2D eigenvalue weighted by Crippen LogP contribution is -2.34. The fraction of sp³-hybridized carbons (Fsp3) is 0.438. The zero-order chi connectivity index (χ0) is 20.1. The summed E-state index contributed by atoms with van der Waals surface area (Å²) in [6, 6.07) is 4.03. The fourth-order valence-corrected chi connectivity index (χ4v) is 2.65. The van der Waals surface area contributed by atoms with Gasteiger partial charge < -0.3 is 14.8 Å². The molecule has 0 spiro atoms. The average molecular weight is 387 g/mol. The number of carbonyl (C=O) groups is 3. The van der Waals surface area contributed by atoms with Crippen molar-refractivity contribution >= 4 is 33.5 Å². The Bertz CT molecular complexity index is 802. The number of hydrogen-bond acceptors (Lipinski definition) is 7.